The van der Waals surface area contributed by atoms with Crippen LogP contribution >= 0.6 is 0 Å². The predicted molar refractivity (Wildman–Crippen MR) is 116 cm³/mol. The van der Waals surface area contributed by atoms with Gasteiger partial charge in [-0.05, 0) is 44.3 Å². The molecule has 0 fully saturated rings. The number of benzene rings is 3. The number of rotatable bonds is 8. The van der Waals surface area contributed by atoms with Gasteiger partial charge in [0.05, 0.1) is 11.4 Å². The Hall–Kier alpha value is -2.72. The van der Waals surface area contributed by atoms with Crippen molar-refractivity contribution in [3.8, 4) is 0 Å². The molecule has 0 aliphatic carbocycles. The van der Waals surface area contributed by atoms with Crippen LogP contribution < -0.4 is 5.32 Å². The summed E-state index contributed by atoms with van der Waals surface area (Å²) in [5.41, 5.74) is 4.12. The highest BCUT2D eigenvalue weighted by Crippen LogP contribution is 2.32. The summed E-state index contributed by atoms with van der Waals surface area (Å²) in [4.78, 5) is 2.42. The van der Waals surface area contributed by atoms with Crippen LogP contribution in [0, 0.1) is 6.92 Å². The number of likely N-dealkylation sites (N-methyl/N-ethyl adjacent to an activating group) is 1. The van der Waals surface area contributed by atoms with E-state index in [0.29, 0.717) is 0 Å². The lowest BCUT2D eigenvalue weighted by atomic mass is 10.1. The van der Waals surface area contributed by atoms with Gasteiger partial charge < -0.3 is 10.2 Å². The molecule has 0 bridgehead atoms. The number of hydrogen-bond acceptors (Lipinski definition) is 4. The van der Waals surface area contributed by atoms with E-state index in [2.05, 4.69) is 77.6 Å². The fraction of sp³-hybridized carbons (Fsp3) is 0.304. The van der Waals surface area contributed by atoms with Crippen molar-refractivity contribution in [1.82, 2.24) is 4.90 Å². The van der Waals surface area contributed by atoms with Gasteiger partial charge in [0.25, 0.3) is 0 Å². The molecule has 0 saturated carbocycles. The van der Waals surface area contributed by atoms with Crippen molar-refractivity contribution in [3.05, 3.63) is 66.2 Å². The maximum atomic E-state index is 4.50. The summed E-state index contributed by atoms with van der Waals surface area (Å²) in [7, 11) is 0. The van der Waals surface area contributed by atoms with Crippen molar-refractivity contribution >= 4 is 27.8 Å². The highest BCUT2D eigenvalue weighted by molar-refractivity contribution is 6.00. The molecule has 0 spiro atoms. The quantitative estimate of drug-likeness (QED) is 0.478. The van der Waals surface area contributed by atoms with E-state index in [-0.39, 0.29) is 0 Å². The average molecular weight is 361 g/mol. The van der Waals surface area contributed by atoms with E-state index in [9.17, 15) is 0 Å². The fourth-order valence-electron chi connectivity index (χ4n) is 3.14. The van der Waals surface area contributed by atoms with Crippen molar-refractivity contribution < 1.29 is 0 Å². The highest BCUT2D eigenvalue weighted by atomic mass is 15.1. The number of fused-ring (bicyclic) bond motifs is 1. The van der Waals surface area contributed by atoms with Crippen LogP contribution in [0.3, 0.4) is 0 Å². The van der Waals surface area contributed by atoms with E-state index in [1.165, 1.54) is 10.9 Å². The summed E-state index contributed by atoms with van der Waals surface area (Å²) >= 11 is 0. The van der Waals surface area contributed by atoms with Crippen LogP contribution in [0.1, 0.15) is 19.4 Å². The molecule has 140 valence electrons. The summed E-state index contributed by atoms with van der Waals surface area (Å²) in [6.07, 6.45) is 0. The highest BCUT2D eigenvalue weighted by Gasteiger charge is 2.06. The summed E-state index contributed by atoms with van der Waals surface area (Å²) < 4.78 is 0. The lowest BCUT2D eigenvalue weighted by molar-refractivity contribution is 0.316. The second-order valence-electron chi connectivity index (χ2n) is 6.67. The van der Waals surface area contributed by atoms with Gasteiger partial charge in [0.1, 0.15) is 0 Å². The Kier molecular flexibility index (Phi) is 6.55. The van der Waals surface area contributed by atoms with E-state index in [1.54, 1.807) is 0 Å². The van der Waals surface area contributed by atoms with Crippen molar-refractivity contribution in [2.24, 2.45) is 10.2 Å². The molecule has 4 nitrogen and oxygen atoms in total. The number of hydrogen-bond donors (Lipinski definition) is 1. The second-order valence-corrected chi connectivity index (χ2v) is 6.67. The normalized spacial score (nSPS) is 11.6. The molecule has 1 N–H and O–H groups in total. The van der Waals surface area contributed by atoms with Crippen molar-refractivity contribution in [2.45, 2.75) is 20.8 Å². The number of nitrogens with zero attached hydrogens (tertiary/aromatic N) is 3. The Morgan fingerprint density at radius 3 is 2.22 bits per heavy atom. The third kappa shape index (κ3) is 4.92. The maximum Gasteiger partial charge on any atom is 0.0936 e. The third-order valence-electron chi connectivity index (χ3n) is 4.85. The van der Waals surface area contributed by atoms with Crippen molar-refractivity contribution in [1.29, 1.82) is 0 Å². The summed E-state index contributed by atoms with van der Waals surface area (Å²) in [6, 6.07) is 20.6. The fourth-order valence-corrected chi connectivity index (χ4v) is 3.14. The Morgan fingerprint density at radius 2 is 1.52 bits per heavy atom. The largest absolute Gasteiger partial charge is 0.383 e. The predicted octanol–water partition coefficient (Wildman–Crippen LogP) is 6.32. The minimum atomic E-state index is 0.867. The zero-order chi connectivity index (χ0) is 19.1. The van der Waals surface area contributed by atoms with Crippen LogP contribution in [0.2, 0.25) is 0 Å². The van der Waals surface area contributed by atoms with Gasteiger partial charge in [-0.1, -0.05) is 55.8 Å². The topological polar surface area (TPSA) is 40.0 Å². The van der Waals surface area contributed by atoms with Gasteiger partial charge in [-0.15, -0.1) is 5.11 Å². The second kappa shape index (κ2) is 9.28. The van der Waals surface area contributed by atoms with Crippen LogP contribution in [0.4, 0.5) is 17.1 Å². The van der Waals surface area contributed by atoms with Gasteiger partial charge in [0.2, 0.25) is 0 Å². The maximum absolute atomic E-state index is 4.50. The molecule has 0 aromatic heterocycles. The molecule has 4 heteroatoms. The molecule has 0 saturated heterocycles. The van der Waals surface area contributed by atoms with E-state index in [1.807, 2.05) is 24.3 Å². The van der Waals surface area contributed by atoms with Crippen molar-refractivity contribution in [3.63, 3.8) is 0 Å². The van der Waals surface area contributed by atoms with E-state index >= 15 is 0 Å². The monoisotopic (exact) mass is 360 g/mol. The zero-order valence-corrected chi connectivity index (χ0v) is 16.4. The molecule has 0 unspecified atom stereocenters. The first-order valence-corrected chi connectivity index (χ1v) is 9.67. The molecule has 3 aromatic carbocycles. The van der Waals surface area contributed by atoms with Crippen LogP contribution in [-0.2, 0) is 0 Å². The minimum Gasteiger partial charge on any atom is -0.383 e. The van der Waals surface area contributed by atoms with Crippen molar-refractivity contribution in [2.75, 3.05) is 31.5 Å². The lowest BCUT2D eigenvalue weighted by Gasteiger charge is -2.19. The standard InChI is InChI=1S/C23H28N4/c1-4-27(5-2)17-16-24-22-14-15-23(21-9-7-6-8-20(21)22)26-25-19-12-10-18(3)11-13-19/h6-15,24H,4-5,16-17H2,1-3H3. The van der Waals surface area contributed by atoms with E-state index in [0.717, 1.165) is 48.6 Å². The van der Waals surface area contributed by atoms with Crippen LogP contribution in [0.15, 0.2) is 70.9 Å². The van der Waals surface area contributed by atoms with Gasteiger partial charge in [-0.25, -0.2) is 0 Å². The number of aryl methyl sites for hydroxylation is 1. The Labute approximate surface area is 161 Å². The molecule has 3 aromatic rings. The number of nitrogens with one attached hydrogen (secondary N) is 1. The molecule has 0 heterocycles. The molecular formula is C23H28N4. The molecule has 0 amide bonds. The van der Waals surface area contributed by atoms with Crippen LogP contribution in [0.5, 0.6) is 0 Å². The molecule has 3 rings (SSSR count). The van der Waals surface area contributed by atoms with Crippen LogP contribution in [-0.4, -0.2) is 31.1 Å². The van der Waals surface area contributed by atoms with Gasteiger partial charge in [0, 0.05) is 29.5 Å². The SMILES string of the molecule is CCN(CC)CCNc1ccc(N=Nc2ccc(C)cc2)c2ccccc12. The summed E-state index contributed by atoms with van der Waals surface area (Å²) in [6.45, 7) is 10.6. The van der Waals surface area contributed by atoms with Gasteiger partial charge in [-0.3, -0.25) is 0 Å². The van der Waals surface area contributed by atoms with Crippen LogP contribution in [0.25, 0.3) is 10.8 Å². The molecule has 0 aliphatic rings. The van der Waals surface area contributed by atoms with E-state index in [4.69, 9.17) is 0 Å². The van der Waals surface area contributed by atoms with Gasteiger partial charge in [-0.2, -0.15) is 5.11 Å². The first-order valence-electron chi connectivity index (χ1n) is 9.67. The molecular weight excluding hydrogens is 332 g/mol. The minimum absolute atomic E-state index is 0.867. The third-order valence-corrected chi connectivity index (χ3v) is 4.85. The first kappa shape index (κ1) is 19.1. The zero-order valence-electron chi connectivity index (χ0n) is 16.4. The Balaban J connectivity index is 1.81. The lowest BCUT2D eigenvalue weighted by Crippen LogP contribution is -2.28. The number of azo groups is 1. The Bertz CT molecular complexity index is 896. The van der Waals surface area contributed by atoms with E-state index < -0.39 is 0 Å². The van der Waals surface area contributed by atoms with Gasteiger partial charge >= 0.3 is 0 Å². The molecule has 0 radical (unpaired) electrons. The average Bonchev–Trinajstić information content (AvgIpc) is 2.71. The number of anilines is 1. The molecule has 0 atom stereocenters. The Morgan fingerprint density at radius 1 is 0.815 bits per heavy atom. The summed E-state index contributed by atoms with van der Waals surface area (Å²) in [5.74, 6) is 0. The smallest absolute Gasteiger partial charge is 0.0936 e. The summed E-state index contributed by atoms with van der Waals surface area (Å²) in [5, 5.41) is 14.8. The van der Waals surface area contributed by atoms with Gasteiger partial charge in [0.15, 0.2) is 0 Å². The molecule has 0 aliphatic heterocycles. The first-order chi connectivity index (χ1) is 13.2. The molecule has 27 heavy (non-hydrogen) atoms.